The zero-order chi connectivity index (χ0) is 23.1. The van der Waals surface area contributed by atoms with Crippen molar-refractivity contribution >= 4 is 26.6 Å². The Hall–Kier alpha value is -2.49. The van der Waals surface area contributed by atoms with Gasteiger partial charge in [0.15, 0.2) is 15.7 Å². The molecule has 0 unspecified atom stereocenters. The highest BCUT2D eigenvalue weighted by atomic mass is 32.2. The Bertz CT molecular complexity index is 1250. The highest BCUT2D eigenvalue weighted by Crippen LogP contribution is 2.41. The number of sulfone groups is 1. The number of benzene rings is 1. The molecule has 8 nitrogen and oxygen atoms in total. The number of hydrogen-bond acceptors (Lipinski definition) is 7. The van der Waals surface area contributed by atoms with Crippen LogP contribution in [0.15, 0.2) is 36.5 Å². The van der Waals surface area contributed by atoms with Crippen LogP contribution >= 0.6 is 0 Å². The number of H-pyrrole nitrogens is 1. The van der Waals surface area contributed by atoms with Crippen molar-refractivity contribution in [2.75, 3.05) is 43.5 Å². The summed E-state index contributed by atoms with van der Waals surface area (Å²) in [6.45, 7) is 7.08. The van der Waals surface area contributed by atoms with Crippen LogP contribution in [0, 0.1) is 0 Å². The number of morpholine rings is 1. The first kappa shape index (κ1) is 22.3. The molecule has 2 saturated heterocycles. The third-order valence-electron chi connectivity index (χ3n) is 7.06. The van der Waals surface area contributed by atoms with E-state index < -0.39 is 14.6 Å². The van der Waals surface area contributed by atoms with E-state index in [1.165, 1.54) is 0 Å². The fourth-order valence-corrected chi connectivity index (χ4v) is 6.92. The number of rotatable bonds is 5. The van der Waals surface area contributed by atoms with Gasteiger partial charge in [0.25, 0.3) is 0 Å². The van der Waals surface area contributed by atoms with Gasteiger partial charge in [-0.2, -0.15) is 0 Å². The molecule has 0 aliphatic carbocycles. The number of nitrogens with zero attached hydrogens (tertiary/aromatic N) is 3. The number of aromatic nitrogens is 3. The molecule has 2 N–H and O–H groups in total. The molecule has 0 bridgehead atoms. The van der Waals surface area contributed by atoms with Crippen LogP contribution in [0.4, 0.5) is 5.82 Å². The summed E-state index contributed by atoms with van der Waals surface area (Å²) in [6, 6.07) is 10.1. The summed E-state index contributed by atoms with van der Waals surface area (Å²) in [4.78, 5) is 15.4. The second-order valence-corrected chi connectivity index (χ2v) is 11.5. The Morgan fingerprint density at radius 2 is 2.03 bits per heavy atom. The van der Waals surface area contributed by atoms with Gasteiger partial charge in [0, 0.05) is 41.0 Å². The van der Waals surface area contributed by atoms with Crippen molar-refractivity contribution in [1.29, 1.82) is 0 Å². The molecular formula is C24H31N5O3S. The minimum absolute atomic E-state index is 0.0863. The Morgan fingerprint density at radius 3 is 2.79 bits per heavy atom. The first-order valence-electron chi connectivity index (χ1n) is 11.7. The van der Waals surface area contributed by atoms with Crippen molar-refractivity contribution in [3.63, 3.8) is 0 Å². The Kier molecular flexibility index (Phi) is 5.88. The maximum absolute atomic E-state index is 13.5. The average Bonchev–Trinajstić information content (AvgIpc) is 3.33. The molecule has 176 valence electrons. The molecule has 2 aliphatic heterocycles. The molecule has 2 aliphatic rings. The van der Waals surface area contributed by atoms with E-state index in [4.69, 9.17) is 14.7 Å². The summed E-state index contributed by atoms with van der Waals surface area (Å²) in [7, 11) is -3.41. The quantitative estimate of drug-likeness (QED) is 0.593. The van der Waals surface area contributed by atoms with Crippen LogP contribution in [0.1, 0.15) is 32.4 Å². The monoisotopic (exact) mass is 469 g/mol. The SMILES string of the molecule is CCS(=O)(=O)C1(c2cc(N3CCOC[C@H]3C)nc(-c3cccc4[nH]ccc34)n2)CCNCC1. The summed E-state index contributed by atoms with van der Waals surface area (Å²) in [5.74, 6) is 1.42. The van der Waals surface area contributed by atoms with E-state index in [0.717, 1.165) is 22.3 Å². The highest BCUT2D eigenvalue weighted by molar-refractivity contribution is 7.92. The second-order valence-electron chi connectivity index (χ2n) is 8.94. The third-order valence-corrected chi connectivity index (χ3v) is 9.63. The molecular weight excluding hydrogens is 438 g/mol. The highest BCUT2D eigenvalue weighted by Gasteiger charge is 2.47. The molecule has 1 atom stereocenters. The van der Waals surface area contributed by atoms with Crippen molar-refractivity contribution in [3.8, 4) is 11.4 Å². The standard InChI is InChI=1S/C24H31N5O3S/c1-3-33(30,31)24(8-11-25-12-9-24)21-15-22(29-13-14-32-16-17(29)2)28-23(27-21)19-5-4-6-20-18(19)7-10-26-20/h4-7,10,15,17,25-26H,3,8-9,11-14,16H2,1-2H3/t17-/m1/s1. The molecule has 0 radical (unpaired) electrons. The molecule has 3 aromatic rings. The first-order valence-corrected chi connectivity index (χ1v) is 13.3. The predicted molar refractivity (Wildman–Crippen MR) is 130 cm³/mol. The molecule has 0 amide bonds. The number of piperidine rings is 1. The van der Waals surface area contributed by atoms with Gasteiger partial charge in [-0.05, 0) is 45.0 Å². The molecule has 5 rings (SSSR count). The van der Waals surface area contributed by atoms with Crippen molar-refractivity contribution in [3.05, 3.63) is 42.2 Å². The second kappa shape index (κ2) is 8.70. The van der Waals surface area contributed by atoms with E-state index in [1.807, 2.05) is 36.5 Å². The van der Waals surface area contributed by atoms with Gasteiger partial charge < -0.3 is 19.9 Å². The van der Waals surface area contributed by atoms with Gasteiger partial charge in [-0.1, -0.05) is 19.1 Å². The lowest BCUT2D eigenvalue weighted by molar-refractivity contribution is 0.0985. The van der Waals surface area contributed by atoms with Crippen LogP contribution in [0.5, 0.6) is 0 Å². The van der Waals surface area contributed by atoms with Crippen LogP contribution in [0.2, 0.25) is 0 Å². The van der Waals surface area contributed by atoms with Gasteiger partial charge in [-0.15, -0.1) is 0 Å². The summed E-state index contributed by atoms with van der Waals surface area (Å²) in [5, 5.41) is 4.34. The van der Waals surface area contributed by atoms with E-state index in [0.29, 0.717) is 57.2 Å². The van der Waals surface area contributed by atoms with Crippen molar-refractivity contribution in [1.82, 2.24) is 20.3 Å². The zero-order valence-corrected chi connectivity index (χ0v) is 20.0. The lowest BCUT2D eigenvalue weighted by atomic mass is 9.92. The maximum atomic E-state index is 13.5. The van der Waals surface area contributed by atoms with Gasteiger partial charge in [-0.3, -0.25) is 0 Å². The third kappa shape index (κ3) is 3.82. The Morgan fingerprint density at radius 1 is 1.21 bits per heavy atom. The molecule has 4 heterocycles. The van der Waals surface area contributed by atoms with Crippen LogP contribution in [0.25, 0.3) is 22.3 Å². The summed E-state index contributed by atoms with van der Waals surface area (Å²) >= 11 is 0. The fourth-order valence-electron chi connectivity index (χ4n) is 5.12. The van der Waals surface area contributed by atoms with Crippen LogP contribution in [0.3, 0.4) is 0 Å². The molecule has 1 aromatic carbocycles. The van der Waals surface area contributed by atoms with Crippen molar-refractivity contribution in [2.45, 2.75) is 37.5 Å². The zero-order valence-electron chi connectivity index (χ0n) is 19.2. The molecule has 33 heavy (non-hydrogen) atoms. The Labute approximate surface area is 194 Å². The van der Waals surface area contributed by atoms with Gasteiger partial charge >= 0.3 is 0 Å². The van der Waals surface area contributed by atoms with E-state index in [9.17, 15) is 8.42 Å². The average molecular weight is 470 g/mol. The smallest absolute Gasteiger partial charge is 0.162 e. The summed E-state index contributed by atoms with van der Waals surface area (Å²) in [5.41, 5.74) is 2.51. The molecule has 9 heteroatoms. The largest absolute Gasteiger partial charge is 0.377 e. The van der Waals surface area contributed by atoms with Gasteiger partial charge in [0.2, 0.25) is 0 Å². The number of ether oxygens (including phenoxy) is 1. The minimum Gasteiger partial charge on any atom is -0.377 e. The predicted octanol–water partition coefficient (Wildman–Crippen LogP) is 2.86. The number of nitrogens with one attached hydrogen (secondary N) is 2. The van der Waals surface area contributed by atoms with Crippen LogP contribution < -0.4 is 10.2 Å². The number of anilines is 1. The topological polar surface area (TPSA) is 100 Å². The van der Waals surface area contributed by atoms with Gasteiger partial charge in [0.1, 0.15) is 10.6 Å². The van der Waals surface area contributed by atoms with E-state index in [-0.39, 0.29) is 11.8 Å². The van der Waals surface area contributed by atoms with Gasteiger partial charge in [0.05, 0.1) is 24.9 Å². The molecule has 0 saturated carbocycles. The van der Waals surface area contributed by atoms with Crippen LogP contribution in [-0.4, -0.2) is 68.0 Å². The van der Waals surface area contributed by atoms with Crippen molar-refractivity contribution in [2.24, 2.45) is 0 Å². The van der Waals surface area contributed by atoms with Crippen molar-refractivity contribution < 1.29 is 13.2 Å². The maximum Gasteiger partial charge on any atom is 0.162 e. The van der Waals surface area contributed by atoms with Gasteiger partial charge in [-0.25, -0.2) is 18.4 Å². The van der Waals surface area contributed by atoms with E-state index in [2.05, 4.69) is 22.1 Å². The number of aromatic amines is 1. The molecule has 2 aromatic heterocycles. The normalized spacial score (nSPS) is 21.4. The molecule has 0 spiro atoms. The van der Waals surface area contributed by atoms with E-state index >= 15 is 0 Å². The first-order chi connectivity index (χ1) is 15.9. The lowest BCUT2D eigenvalue weighted by Crippen LogP contribution is -2.47. The Balaban J connectivity index is 1.75. The minimum atomic E-state index is -3.41. The van der Waals surface area contributed by atoms with E-state index in [1.54, 1.807) is 6.92 Å². The van der Waals surface area contributed by atoms with Crippen LogP contribution in [-0.2, 0) is 19.3 Å². The fraction of sp³-hybridized carbons (Fsp3) is 0.500. The number of hydrogen-bond donors (Lipinski definition) is 2. The summed E-state index contributed by atoms with van der Waals surface area (Å²) < 4.78 is 31.7. The number of fused-ring (bicyclic) bond motifs is 1. The summed E-state index contributed by atoms with van der Waals surface area (Å²) in [6.07, 6.45) is 2.91. The lowest BCUT2D eigenvalue weighted by Gasteiger charge is -2.38. The molecule has 2 fully saturated rings.